The summed E-state index contributed by atoms with van der Waals surface area (Å²) in [6.45, 7) is 0. The van der Waals surface area contributed by atoms with Crippen molar-refractivity contribution in [3.05, 3.63) is 40.3 Å². The molecule has 22 heavy (non-hydrogen) atoms. The van der Waals surface area contributed by atoms with E-state index < -0.39 is 17.9 Å². The van der Waals surface area contributed by atoms with Crippen molar-refractivity contribution >= 4 is 34.2 Å². The Hall–Kier alpha value is -2.96. The lowest BCUT2D eigenvalue weighted by molar-refractivity contribution is -0.134. The molecule has 1 aromatic heterocycles. The van der Waals surface area contributed by atoms with Gasteiger partial charge >= 0.3 is 0 Å². The van der Waals surface area contributed by atoms with Crippen molar-refractivity contribution in [2.24, 2.45) is 0 Å². The molecule has 0 radical (unpaired) electrons. The van der Waals surface area contributed by atoms with E-state index in [1.807, 2.05) is 0 Å². The highest BCUT2D eigenvalue weighted by atomic mass is 16.2. The Morgan fingerprint density at radius 1 is 1.14 bits per heavy atom. The van der Waals surface area contributed by atoms with Gasteiger partial charge in [-0.05, 0) is 17.9 Å². The molecule has 1 fully saturated rings. The normalized spacial score (nSPS) is 20.6. The first kappa shape index (κ1) is 12.8. The zero-order valence-electron chi connectivity index (χ0n) is 11.4. The number of carbonyl (C=O) groups is 3. The highest BCUT2D eigenvalue weighted by molar-refractivity contribution is 6.26. The number of imide groups is 1. The molecular weight excluding hydrogens is 286 g/mol. The number of nitrogens with one attached hydrogen (secondary N) is 2. The number of aromatic nitrogens is 1. The minimum absolute atomic E-state index is 0.184. The Morgan fingerprint density at radius 2 is 1.95 bits per heavy atom. The van der Waals surface area contributed by atoms with E-state index in [0.717, 1.165) is 0 Å². The maximum Gasteiger partial charge on any atom is 0.276 e. The second-order valence-electron chi connectivity index (χ2n) is 5.39. The minimum atomic E-state index is -0.744. The van der Waals surface area contributed by atoms with E-state index in [0.29, 0.717) is 16.5 Å². The number of amides is 3. The minimum Gasteiger partial charge on any atom is -0.317 e. The molecule has 110 valence electrons. The first-order valence-corrected chi connectivity index (χ1v) is 6.89. The number of rotatable bonds is 1. The lowest BCUT2D eigenvalue weighted by atomic mass is 10.0. The van der Waals surface area contributed by atoms with Gasteiger partial charge in [0.1, 0.15) is 11.7 Å². The van der Waals surface area contributed by atoms with E-state index in [1.165, 1.54) is 11.0 Å². The molecule has 2 N–H and O–H groups in total. The van der Waals surface area contributed by atoms with Gasteiger partial charge in [-0.3, -0.25) is 29.4 Å². The topological polar surface area (TPSA) is 99.3 Å². The quantitative estimate of drug-likeness (QED) is 0.739. The van der Waals surface area contributed by atoms with E-state index >= 15 is 0 Å². The molecule has 7 nitrogen and oxygen atoms in total. The molecule has 3 heterocycles. The lowest BCUT2D eigenvalue weighted by Crippen LogP contribution is -2.53. The predicted octanol–water partition coefficient (Wildman–Crippen LogP) is 0.293. The molecule has 7 heteroatoms. The van der Waals surface area contributed by atoms with Gasteiger partial charge in [-0.25, -0.2) is 0 Å². The van der Waals surface area contributed by atoms with Crippen LogP contribution in [0.1, 0.15) is 23.3 Å². The van der Waals surface area contributed by atoms with Crippen LogP contribution in [-0.2, 0) is 9.59 Å². The lowest BCUT2D eigenvalue weighted by Gasteiger charge is -2.30. The fourth-order valence-electron chi connectivity index (χ4n) is 3.14. The second-order valence-corrected chi connectivity index (χ2v) is 5.39. The number of anilines is 1. The van der Waals surface area contributed by atoms with Crippen LogP contribution in [0.5, 0.6) is 0 Å². The molecule has 1 aromatic carbocycles. The van der Waals surface area contributed by atoms with Crippen LogP contribution in [0.2, 0.25) is 0 Å². The van der Waals surface area contributed by atoms with E-state index in [1.54, 1.807) is 18.2 Å². The first-order chi connectivity index (χ1) is 10.6. The molecule has 2 aliphatic heterocycles. The van der Waals surface area contributed by atoms with Crippen molar-refractivity contribution in [1.29, 1.82) is 0 Å². The summed E-state index contributed by atoms with van der Waals surface area (Å²) in [4.78, 5) is 51.6. The highest BCUT2D eigenvalue weighted by Crippen LogP contribution is 2.37. The summed E-state index contributed by atoms with van der Waals surface area (Å²) < 4.78 is 0. The fourth-order valence-corrected chi connectivity index (χ4v) is 3.14. The monoisotopic (exact) mass is 297 g/mol. The van der Waals surface area contributed by atoms with E-state index in [9.17, 15) is 19.2 Å². The molecule has 2 aliphatic rings. The third-order valence-corrected chi connectivity index (χ3v) is 4.07. The van der Waals surface area contributed by atoms with Gasteiger partial charge in [-0.2, -0.15) is 0 Å². The van der Waals surface area contributed by atoms with Crippen molar-refractivity contribution in [2.75, 3.05) is 4.90 Å². The van der Waals surface area contributed by atoms with Crippen LogP contribution in [-0.4, -0.2) is 28.7 Å². The van der Waals surface area contributed by atoms with Crippen LogP contribution in [0, 0.1) is 0 Å². The molecule has 0 spiro atoms. The fraction of sp³-hybridized carbons (Fsp3) is 0.200. The van der Waals surface area contributed by atoms with Gasteiger partial charge in [-0.15, -0.1) is 0 Å². The Bertz CT molecular complexity index is 915. The average Bonchev–Trinajstić information content (AvgIpc) is 2.74. The summed E-state index contributed by atoms with van der Waals surface area (Å²) in [5.74, 6) is -1.24. The van der Waals surface area contributed by atoms with Gasteiger partial charge in [0.2, 0.25) is 17.4 Å². The molecule has 0 saturated carbocycles. The average molecular weight is 297 g/mol. The number of piperidine rings is 1. The first-order valence-electron chi connectivity index (χ1n) is 6.89. The third-order valence-electron chi connectivity index (χ3n) is 4.07. The van der Waals surface area contributed by atoms with E-state index in [-0.39, 0.29) is 30.0 Å². The molecule has 1 saturated heterocycles. The van der Waals surface area contributed by atoms with Gasteiger partial charge in [0.05, 0.1) is 5.69 Å². The van der Waals surface area contributed by atoms with Crippen LogP contribution in [0.3, 0.4) is 0 Å². The summed E-state index contributed by atoms with van der Waals surface area (Å²) in [6, 6.07) is 5.89. The van der Waals surface area contributed by atoms with Crippen molar-refractivity contribution in [1.82, 2.24) is 10.3 Å². The molecule has 0 bridgehead atoms. The Morgan fingerprint density at radius 3 is 2.73 bits per heavy atom. The molecule has 3 amide bonds. The number of benzene rings is 1. The van der Waals surface area contributed by atoms with Gasteiger partial charge in [0.25, 0.3) is 5.91 Å². The molecule has 1 atom stereocenters. The van der Waals surface area contributed by atoms with Crippen LogP contribution in [0.4, 0.5) is 5.69 Å². The largest absolute Gasteiger partial charge is 0.317 e. The zero-order chi connectivity index (χ0) is 15.4. The molecule has 4 rings (SSSR count). The number of hydrogen-bond acceptors (Lipinski definition) is 4. The number of aromatic amines is 1. The number of pyridine rings is 1. The summed E-state index contributed by atoms with van der Waals surface area (Å²) in [7, 11) is 0. The van der Waals surface area contributed by atoms with Gasteiger partial charge in [0, 0.05) is 17.9 Å². The summed E-state index contributed by atoms with van der Waals surface area (Å²) in [6.07, 6.45) is 0.452. The number of carbonyl (C=O) groups excluding carboxylic acids is 3. The standard InChI is InChI=1S/C15H11N3O4/c19-10-5-4-9(14(21)17-10)18-8-3-1-2-7-6-11(20)16-13(12(7)8)15(18)22/h1-3,6,9H,4-5H2,(H,16,20)(H,17,19,21). The van der Waals surface area contributed by atoms with Crippen LogP contribution in [0.25, 0.3) is 10.8 Å². The van der Waals surface area contributed by atoms with Crippen molar-refractivity contribution in [3.8, 4) is 0 Å². The van der Waals surface area contributed by atoms with Gasteiger partial charge in [0.15, 0.2) is 0 Å². The third kappa shape index (κ3) is 1.62. The summed E-state index contributed by atoms with van der Waals surface area (Å²) >= 11 is 0. The van der Waals surface area contributed by atoms with Crippen molar-refractivity contribution < 1.29 is 14.4 Å². The van der Waals surface area contributed by atoms with Gasteiger partial charge < -0.3 is 4.98 Å². The Kier molecular flexibility index (Phi) is 2.47. The predicted molar refractivity (Wildman–Crippen MR) is 77.5 cm³/mol. The zero-order valence-corrected chi connectivity index (χ0v) is 11.4. The van der Waals surface area contributed by atoms with Crippen molar-refractivity contribution in [3.63, 3.8) is 0 Å². The Labute approximate surface area is 123 Å². The van der Waals surface area contributed by atoms with Crippen molar-refractivity contribution in [2.45, 2.75) is 18.9 Å². The van der Waals surface area contributed by atoms with Crippen LogP contribution >= 0.6 is 0 Å². The summed E-state index contributed by atoms with van der Waals surface area (Å²) in [5.41, 5.74) is 0.421. The smallest absolute Gasteiger partial charge is 0.276 e. The number of hydrogen-bond donors (Lipinski definition) is 2. The van der Waals surface area contributed by atoms with E-state index in [4.69, 9.17) is 0 Å². The molecule has 0 aliphatic carbocycles. The van der Waals surface area contributed by atoms with E-state index in [2.05, 4.69) is 10.3 Å². The van der Waals surface area contributed by atoms with Gasteiger partial charge in [-0.1, -0.05) is 12.1 Å². The van der Waals surface area contributed by atoms with Crippen LogP contribution in [0.15, 0.2) is 29.1 Å². The molecule has 1 unspecified atom stereocenters. The number of H-pyrrole nitrogens is 1. The maximum absolute atomic E-state index is 12.6. The number of nitrogens with zero attached hydrogens (tertiary/aromatic N) is 1. The highest BCUT2D eigenvalue weighted by Gasteiger charge is 2.41. The molecule has 2 aromatic rings. The Balaban J connectivity index is 1.90. The molecular formula is C15H11N3O4. The summed E-state index contributed by atoms with van der Waals surface area (Å²) in [5, 5.41) is 3.54. The van der Waals surface area contributed by atoms with Crippen LogP contribution < -0.4 is 15.8 Å². The second kappa shape index (κ2) is 4.27. The SMILES string of the molecule is O=C1CCC(N2C(=O)c3[nH]c(=O)cc4cccc2c34)C(=O)N1. The maximum atomic E-state index is 12.6.